The number of hydrogen-bond acceptors (Lipinski definition) is 3. The average Bonchev–Trinajstić information content (AvgIpc) is 3.27. The lowest BCUT2D eigenvalue weighted by atomic mass is 10.1. The molecule has 5 aromatic rings. The minimum atomic E-state index is -0.439. The zero-order valence-electron chi connectivity index (χ0n) is 14.1. The summed E-state index contributed by atoms with van der Waals surface area (Å²) >= 11 is 0. The number of aromatic amines is 1. The quantitative estimate of drug-likeness (QED) is 0.522. The zero-order valence-corrected chi connectivity index (χ0v) is 14.1. The first-order valence-electron chi connectivity index (χ1n) is 8.49. The number of oxazole rings is 1. The van der Waals surface area contributed by atoms with E-state index in [1.807, 2.05) is 36.5 Å². The molecule has 3 heterocycles. The van der Waals surface area contributed by atoms with Crippen LogP contribution in [-0.4, -0.2) is 14.5 Å². The van der Waals surface area contributed by atoms with Crippen molar-refractivity contribution in [3.63, 3.8) is 0 Å². The summed E-state index contributed by atoms with van der Waals surface area (Å²) in [7, 11) is 0. The molecular formula is C21H14FN3O2. The summed E-state index contributed by atoms with van der Waals surface area (Å²) in [4.78, 5) is 19.8. The first-order chi connectivity index (χ1) is 13.2. The van der Waals surface area contributed by atoms with Crippen molar-refractivity contribution in [2.45, 2.75) is 6.54 Å². The number of nitrogens with zero attached hydrogens (tertiary/aromatic N) is 2. The lowest BCUT2D eigenvalue weighted by Crippen LogP contribution is -2.14. The molecule has 0 amide bonds. The number of halogens is 1. The van der Waals surface area contributed by atoms with Crippen molar-refractivity contribution in [1.29, 1.82) is 0 Å². The van der Waals surface area contributed by atoms with Gasteiger partial charge in [-0.25, -0.2) is 14.2 Å². The summed E-state index contributed by atoms with van der Waals surface area (Å²) in [6, 6.07) is 15.7. The Labute approximate surface area is 152 Å². The second-order valence-corrected chi connectivity index (χ2v) is 6.40. The Balaban J connectivity index is 1.56. The van der Waals surface area contributed by atoms with Crippen LogP contribution in [0.15, 0.2) is 76.2 Å². The van der Waals surface area contributed by atoms with E-state index in [0.29, 0.717) is 17.6 Å². The van der Waals surface area contributed by atoms with Crippen molar-refractivity contribution in [3.05, 3.63) is 88.9 Å². The molecule has 5 rings (SSSR count). The van der Waals surface area contributed by atoms with E-state index in [9.17, 15) is 9.18 Å². The maximum atomic E-state index is 13.1. The van der Waals surface area contributed by atoms with E-state index in [1.54, 1.807) is 22.9 Å². The van der Waals surface area contributed by atoms with E-state index in [0.717, 1.165) is 27.7 Å². The van der Waals surface area contributed by atoms with Gasteiger partial charge >= 0.3 is 5.76 Å². The summed E-state index contributed by atoms with van der Waals surface area (Å²) in [5.74, 6) is -0.744. The van der Waals surface area contributed by atoms with Gasteiger partial charge in [0, 0.05) is 23.3 Å². The normalized spacial score (nSPS) is 11.4. The predicted octanol–water partition coefficient (Wildman–Crippen LogP) is 4.33. The van der Waals surface area contributed by atoms with Crippen molar-refractivity contribution < 1.29 is 8.81 Å². The Morgan fingerprint density at radius 1 is 1.04 bits per heavy atom. The van der Waals surface area contributed by atoms with Crippen LogP contribution in [0.3, 0.4) is 0 Å². The Kier molecular flexibility index (Phi) is 3.43. The van der Waals surface area contributed by atoms with Crippen LogP contribution in [0.1, 0.15) is 5.56 Å². The fourth-order valence-electron chi connectivity index (χ4n) is 3.27. The van der Waals surface area contributed by atoms with E-state index in [1.165, 1.54) is 12.1 Å². The second-order valence-electron chi connectivity index (χ2n) is 6.40. The van der Waals surface area contributed by atoms with Crippen molar-refractivity contribution in [2.75, 3.05) is 0 Å². The maximum Gasteiger partial charge on any atom is 0.420 e. The third-order valence-corrected chi connectivity index (χ3v) is 4.66. The molecule has 1 N–H and O–H groups in total. The lowest BCUT2D eigenvalue weighted by molar-refractivity contribution is 0.517. The molecule has 0 saturated heterocycles. The third kappa shape index (κ3) is 2.71. The number of rotatable bonds is 3. The highest BCUT2D eigenvalue weighted by Crippen LogP contribution is 2.26. The molecular weight excluding hydrogens is 345 g/mol. The van der Waals surface area contributed by atoms with Gasteiger partial charge in [-0.15, -0.1) is 0 Å². The molecule has 0 saturated carbocycles. The molecule has 0 aliphatic heterocycles. The molecule has 0 aliphatic carbocycles. The molecule has 5 nitrogen and oxygen atoms in total. The molecule has 0 fully saturated rings. The predicted molar refractivity (Wildman–Crippen MR) is 101 cm³/mol. The van der Waals surface area contributed by atoms with E-state index < -0.39 is 5.76 Å². The van der Waals surface area contributed by atoms with Crippen molar-refractivity contribution >= 4 is 22.1 Å². The van der Waals surface area contributed by atoms with Gasteiger partial charge in [0.05, 0.1) is 12.1 Å². The van der Waals surface area contributed by atoms with Crippen LogP contribution < -0.4 is 5.76 Å². The fourth-order valence-corrected chi connectivity index (χ4v) is 3.27. The Morgan fingerprint density at radius 2 is 1.89 bits per heavy atom. The number of H-pyrrole nitrogens is 1. The fraction of sp³-hybridized carbons (Fsp3) is 0.0476. The molecule has 0 spiro atoms. The molecule has 2 aromatic carbocycles. The summed E-state index contributed by atoms with van der Waals surface area (Å²) in [6.45, 7) is 0.322. The van der Waals surface area contributed by atoms with Crippen LogP contribution in [0.25, 0.3) is 33.3 Å². The smallest absolute Gasteiger partial charge is 0.408 e. The molecule has 0 atom stereocenters. The van der Waals surface area contributed by atoms with E-state index in [-0.39, 0.29) is 5.82 Å². The van der Waals surface area contributed by atoms with Crippen LogP contribution in [0.4, 0.5) is 4.39 Å². The van der Waals surface area contributed by atoms with Crippen LogP contribution in [-0.2, 0) is 6.54 Å². The second kappa shape index (κ2) is 5.95. The topological polar surface area (TPSA) is 63.8 Å². The highest BCUT2D eigenvalue weighted by molar-refractivity contribution is 5.85. The van der Waals surface area contributed by atoms with Crippen molar-refractivity contribution in [3.8, 4) is 11.1 Å². The third-order valence-electron chi connectivity index (χ3n) is 4.66. The standard InChI is InChI=1S/C21H14FN3O2/c22-17-4-1-13(2-5-17)12-25-18-6-3-14(10-19(18)27-21(25)26)16-9-15-7-8-23-20(15)24-11-16/h1-11H,12H2,(H,23,24). The van der Waals surface area contributed by atoms with Gasteiger partial charge < -0.3 is 9.40 Å². The minimum absolute atomic E-state index is 0.305. The molecule has 0 radical (unpaired) electrons. The van der Waals surface area contributed by atoms with E-state index in [2.05, 4.69) is 9.97 Å². The molecule has 0 unspecified atom stereocenters. The SMILES string of the molecule is O=c1oc2cc(-c3cnc4[nH]ccc4c3)ccc2n1Cc1ccc(F)cc1. The van der Waals surface area contributed by atoms with Gasteiger partial charge in [-0.3, -0.25) is 4.57 Å². The van der Waals surface area contributed by atoms with Crippen molar-refractivity contribution in [1.82, 2.24) is 14.5 Å². The molecule has 6 heteroatoms. The summed E-state index contributed by atoms with van der Waals surface area (Å²) < 4.78 is 20.1. The number of benzene rings is 2. The number of nitrogens with one attached hydrogen (secondary N) is 1. The molecule has 0 bridgehead atoms. The first-order valence-corrected chi connectivity index (χ1v) is 8.49. The van der Waals surface area contributed by atoms with Gasteiger partial charge in [0.15, 0.2) is 5.58 Å². The van der Waals surface area contributed by atoms with Crippen molar-refractivity contribution in [2.24, 2.45) is 0 Å². The van der Waals surface area contributed by atoms with Crippen LogP contribution in [0.2, 0.25) is 0 Å². The highest BCUT2D eigenvalue weighted by Gasteiger charge is 2.12. The largest absolute Gasteiger partial charge is 0.420 e. The average molecular weight is 359 g/mol. The first kappa shape index (κ1) is 15.6. The Morgan fingerprint density at radius 3 is 2.74 bits per heavy atom. The van der Waals surface area contributed by atoms with Crippen LogP contribution in [0, 0.1) is 5.82 Å². The monoisotopic (exact) mass is 359 g/mol. The van der Waals surface area contributed by atoms with Gasteiger partial charge in [0.25, 0.3) is 0 Å². The number of fused-ring (bicyclic) bond motifs is 2. The van der Waals surface area contributed by atoms with Crippen LogP contribution in [0.5, 0.6) is 0 Å². The van der Waals surface area contributed by atoms with E-state index in [4.69, 9.17) is 4.42 Å². The molecule has 132 valence electrons. The minimum Gasteiger partial charge on any atom is -0.408 e. The summed E-state index contributed by atoms with van der Waals surface area (Å²) in [5.41, 5.74) is 4.72. The van der Waals surface area contributed by atoms with Crippen LogP contribution >= 0.6 is 0 Å². The highest BCUT2D eigenvalue weighted by atomic mass is 19.1. The number of hydrogen-bond donors (Lipinski definition) is 1. The van der Waals surface area contributed by atoms with Gasteiger partial charge in [0.1, 0.15) is 11.5 Å². The Hall–Kier alpha value is -3.67. The Bertz CT molecular complexity index is 1330. The number of aromatic nitrogens is 3. The van der Waals surface area contributed by atoms with Gasteiger partial charge in [0.2, 0.25) is 0 Å². The van der Waals surface area contributed by atoms with E-state index >= 15 is 0 Å². The maximum absolute atomic E-state index is 13.1. The number of pyridine rings is 1. The zero-order chi connectivity index (χ0) is 18.4. The van der Waals surface area contributed by atoms with Gasteiger partial charge in [-0.2, -0.15) is 0 Å². The summed E-state index contributed by atoms with van der Waals surface area (Å²) in [5, 5.41) is 1.02. The molecule has 0 aliphatic rings. The molecule has 3 aromatic heterocycles. The van der Waals surface area contributed by atoms with Gasteiger partial charge in [-0.1, -0.05) is 18.2 Å². The molecule has 27 heavy (non-hydrogen) atoms. The van der Waals surface area contributed by atoms with Gasteiger partial charge in [-0.05, 0) is 47.5 Å². The summed E-state index contributed by atoms with van der Waals surface area (Å²) in [6.07, 6.45) is 3.63. The lowest BCUT2D eigenvalue weighted by Gasteiger charge is -2.04.